The predicted octanol–water partition coefficient (Wildman–Crippen LogP) is 3.13. The van der Waals surface area contributed by atoms with Crippen LogP contribution in [0.5, 0.6) is 0 Å². The summed E-state index contributed by atoms with van der Waals surface area (Å²) in [4.78, 5) is 4.80. The van der Waals surface area contributed by atoms with Gasteiger partial charge in [-0.15, -0.1) is 0 Å². The molecule has 2 aromatic rings. The second-order valence-electron chi connectivity index (χ2n) is 5.00. The summed E-state index contributed by atoms with van der Waals surface area (Å²) in [6.07, 6.45) is 3.29. The summed E-state index contributed by atoms with van der Waals surface area (Å²) in [6, 6.07) is 4.40. The smallest absolute Gasteiger partial charge is 0.116 e. The number of aryl methyl sites for hydroxylation is 1. The fourth-order valence-corrected chi connectivity index (χ4v) is 2.21. The Labute approximate surface area is 109 Å². The van der Waals surface area contributed by atoms with Crippen molar-refractivity contribution in [3.63, 3.8) is 0 Å². The summed E-state index contributed by atoms with van der Waals surface area (Å²) < 4.78 is 2.26. The van der Waals surface area contributed by atoms with E-state index in [1.54, 1.807) is 0 Å². The van der Waals surface area contributed by atoms with Gasteiger partial charge in [-0.25, -0.2) is 4.98 Å². The molecule has 2 heterocycles. The maximum absolute atomic E-state index is 4.80. The lowest BCUT2D eigenvalue weighted by molar-refractivity contribution is 0.707. The molecule has 1 N–H and O–H groups in total. The van der Waals surface area contributed by atoms with Gasteiger partial charge in [-0.3, -0.25) is 0 Å². The number of nitrogens with one attached hydrogen (secondary N) is 1. The normalized spacial score (nSPS) is 11.6. The average Bonchev–Trinajstić information content (AvgIpc) is 2.74. The van der Waals surface area contributed by atoms with Gasteiger partial charge in [0.25, 0.3) is 0 Å². The first-order valence-electron chi connectivity index (χ1n) is 6.87. The molecule has 2 aromatic heterocycles. The van der Waals surface area contributed by atoms with Gasteiger partial charge in [0.2, 0.25) is 0 Å². The van der Waals surface area contributed by atoms with Crippen LogP contribution in [0.3, 0.4) is 0 Å². The molecule has 0 saturated carbocycles. The van der Waals surface area contributed by atoms with Crippen LogP contribution in [0.15, 0.2) is 18.3 Å². The Kier molecular flexibility index (Phi) is 4.02. The Balaban J connectivity index is 2.53. The molecule has 0 atom stereocenters. The maximum Gasteiger partial charge on any atom is 0.116 e. The van der Waals surface area contributed by atoms with Crippen molar-refractivity contribution >= 4 is 5.52 Å². The van der Waals surface area contributed by atoms with E-state index in [2.05, 4.69) is 55.7 Å². The minimum absolute atomic E-state index is 0.444. The average molecular weight is 245 g/mol. The van der Waals surface area contributed by atoms with Crippen molar-refractivity contribution < 1.29 is 0 Å². The molecule has 98 valence electrons. The van der Waals surface area contributed by atoms with Gasteiger partial charge in [-0.05, 0) is 24.6 Å². The fourth-order valence-electron chi connectivity index (χ4n) is 2.21. The zero-order valence-electron chi connectivity index (χ0n) is 11.8. The molecule has 0 spiro atoms. The number of pyridine rings is 1. The molecule has 0 aromatic carbocycles. The van der Waals surface area contributed by atoms with Crippen molar-refractivity contribution in [1.82, 2.24) is 14.7 Å². The van der Waals surface area contributed by atoms with Crippen LogP contribution in [0, 0.1) is 0 Å². The lowest BCUT2D eigenvalue weighted by atomic mass is 10.2. The van der Waals surface area contributed by atoms with Crippen LogP contribution >= 0.6 is 0 Å². The van der Waals surface area contributed by atoms with Crippen LogP contribution < -0.4 is 5.32 Å². The van der Waals surface area contributed by atoms with Gasteiger partial charge in [-0.1, -0.05) is 33.8 Å². The first-order valence-corrected chi connectivity index (χ1v) is 6.87. The Morgan fingerprint density at radius 2 is 2.06 bits per heavy atom. The molecule has 0 unspecified atom stereocenters. The zero-order chi connectivity index (χ0) is 13.1. The Morgan fingerprint density at radius 3 is 2.67 bits per heavy atom. The molecule has 0 radical (unpaired) electrons. The van der Waals surface area contributed by atoms with E-state index in [9.17, 15) is 0 Å². The SMILES string of the molecule is CCNCc1nc(C(C)C)n2cc(CC)ccc12. The van der Waals surface area contributed by atoms with E-state index in [0.717, 1.165) is 31.0 Å². The summed E-state index contributed by atoms with van der Waals surface area (Å²) >= 11 is 0. The van der Waals surface area contributed by atoms with Crippen molar-refractivity contribution in [3.05, 3.63) is 35.4 Å². The summed E-state index contributed by atoms with van der Waals surface area (Å²) in [5.74, 6) is 1.60. The number of hydrogen-bond donors (Lipinski definition) is 1. The molecule has 3 nitrogen and oxygen atoms in total. The highest BCUT2D eigenvalue weighted by atomic mass is 15.0. The minimum atomic E-state index is 0.444. The number of fused-ring (bicyclic) bond motifs is 1. The highest BCUT2D eigenvalue weighted by Gasteiger charge is 2.13. The molecule has 2 rings (SSSR count). The molecule has 0 amide bonds. The van der Waals surface area contributed by atoms with E-state index in [4.69, 9.17) is 4.98 Å². The third-order valence-electron chi connectivity index (χ3n) is 3.27. The van der Waals surface area contributed by atoms with Gasteiger partial charge in [-0.2, -0.15) is 0 Å². The lowest BCUT2D eigenvalue weighted by Gasteiger charge is -2.05. The Bertz CT molecular complexity index is 526. The number of hydrogen-bond acceptors (Lipinski definition) is 2. The molecular weight excluding hydrogens is 222 g/mol. The molecule has 0 aliphatic carbocycles. The lowest BCUT2D eigenvalue weighted by Crippen LogP contribution is -2.12. The molecule has 3 heteroatoms. The highest BCUT2D eigenvalue weighted by molar-refractivity contribution is 5.54. The van der Waals surface area contributed by atoms with Gasteiger partial charge >= 0.3 is 0 Å². The molecule has 18 heavy (non-hydrogen) atoms. The summed E-state index contributed by atoms with van der Waals surface area (Å²) in [7, 11) is 0. The monoisotopic (exact) mass is 245 g/mol. The topological polar surface area (TPSA) is 29.3 Å². The fraction of sp³-hybridized carbons (Fsp3) is 0.533. The van der Waals surface area contributed by atoms with E-state index in [0.29, 0.717) is 5.92 Å². The highest BCUT2D eigenvalue weighted by Crippen LogP contribution is 2.20. The number of nitrogens with zero attached hydrogens (tertiary/aromatic N) is 2. The van der Waals surface area contributed by atoms with E-state index >= 15 is 0 Å². The van der Waals surface area contributed by atoms with Gasteiger partial charge < -0.3 is 9.72 Å². The summed E-state index contributed by atoms with van der Waals surface area (Å²) in [5, 5.41) is 3.36. The summed E-state index contributed by atoms with van der Waals surface area (Å²) in [5.41, 5.74) is 3.75. The molecule has 0 aliphatic rings. The van der Waals surface area contributed by atoms with Crippen LogP contribution in [-0.2, 0) is 13.0 Å². The number of rotatable bonds is 5. The van der Waals surface area contributed by atoms with Crippen LogP contribution in [0.4, 0.5) is 0 Å². The van der Waals surface area contributed by atoms with Gasteiger partial charge in [0.05, 0.1) is 11.2 Å². The van der Waals surface area contributed by atoms with E-state index in [1.165, 1.54) is 11.1 Å². The molecule has 0 bridgehead atoms. The predicted molar refractivity (Wildman–Crippen MR) is 76.0 cm³/mol. The van der Waals surface area contributed by atoms with Crippen molar-refractivity contribution in [3.8, 4) is 0 Å². The third-order valence-corrected chi connectivity index (χ3v) is 3.27. The van der Waals surface area contributed by atoms with E-state index in [-0.39, 0.29) is 0 Å². The van der Waals surface area contributed by atoms with Crippen LogP contribution in [0.25, 0.3) is 5.52 Å². The third kappa shape index (κ3) is 2.41. The second kappa shape index (κ2) is 5.53. The van der Waals surface area contributed by atoms with Crippen LogP contribution in [-0.4, -0.2) is 15.9 Å². The number of aromatic nitrogens is 2. The van der Waals surface area contributed by atoms with Crippen molar-refractivity contribution in [2.75, 3.05) is 6.54 Å². The zero-order valence-corrected chi connectivity index (χ0v) is 11.8. The molecule has 0 fully saturated rings. The molecule has 0 saturated heterocycles. The van der Waals surface area contributed by atoms with Gasteiger partial charge in [0.1, 0.15) is 5.82 Å². The molecular formula is C15H23N3. The van der Waals surface area contributed by atoms with Gasteiger partial charge in [0.15, 0.2) is 0 Å². The van der Waals surface area contributed by atoms with Crippen LogP contribution in [0.2, 0.25) is 0 Å². The first kappa shape index (κ1) is 13.1. The molecule has 0 aliphatic heterocycles. The van der Waals surface area contributed by atoms with Crippen molar-refractivity contribution in [2.24, 2.45) is 0 Å². The summed E-state index contributed by atoms with van der Waals surface area (Å²) in [6.45, 7) is 10.5. The minimum Gasteiger partial charge on any atom is -0.311 e. The largest absolute Gasteiger partial charge is 0.311 e. The second-order valence-corrected chi connectivity index (χ2v) is 5.00. The maximum atomic E-state index is 4.80. The van der Waals surface area contributed by atoms with Crippen LogP contribution in [0.1, 0.15) is 50.7 Å². The first-order chi connectivity index (χ1) is 8.67. The van der Waals surface area contributed by atoms with Crippen molar-refractivity contribution in [2.45, 2.75) is 46.6 Å². The van der Waals surface area contributed by atoms with E-state index < -0.39 is 0 Å². The Hall–Kier alpha value is -1.35. The Morgan fingerprint density at radius 1 is 1.28 bits per heavy atom. The standard InChI is InChI=1S/C15H23N3/c1-5-12-7-8-14-13(9-16-6-2)17-15(11(3)4)18(14)10-12/h7-8,10-11,16H,5-6,9H2,1-4H3. The quantitative estimate of drug-likeness (QED) is 0.877. The van der Waals surface area contributed by atoms with Gasteiger partial charge in [0, 0.05) is 18.7 Å². The number of imidazole rings is 1. The van der Waals surface area contributed by atoms with Crippen molar-refractivity contribution in [1.29, 1.82) is 0 Å². The van der Waals surface area contributed by atoms with E-state index in [1.807, 2.05) is 0 Å².